The molecule has 0 saturated heterocycles. The molecule has 1 atom stereocenters. The van der Waals surface area contributed by atoms with E-state index in [0.29, 0.717) is 17.8 Å². The summed E-state index contributed by atoms with van der Waals surface area (Å²) in [7, 11) is 5.91. The predicted molar refractivity (Wildman–Crippen MR) is 84.6 cm³/mol. The van der Waals surface area contributed by atoms with Crippen molar-refractivity contribution in [2.75, 3.05) is 56.3 Å². The molecule has 0 bridgehead atoms. The lowest BCUT2D eigenvalue weighted by atomic mass is 10.3. The van der Waals surface area contributed by atoms with Gasteiger partial charge in [-0.3, -0.25) is 0 Å². The zero-order valence-electron chi connectivity index (χ0n) is 13.4. The van der Waals surface area contributed by atoms with Gasteiger partial charge in [0, 0.05) is 32.7 Å². The second-order valence-electron chi connectivity index (χ2n) is 5.01. The van der Waals surface area contributed by atoms with Crippen LogP contribution in [0.1, 0.15) is 20.8 Å². The molecule has 0 amide bonds. The molecule has 20 heavy (non-hydrogen) atoms. The minimum atomic E-state index is 0.265. The Morgan fingerprint density at radius 3 is 2.15 bits per heavy atom. The van der Waals surface area contributed by atoms with Gasteiger partial charge in [0.15, 0.2) is 0 Å². The SMILES string of the molecule is CCN(CC)c1nc(NC)nc(NC(C)CN(C)C)n1. The second-order valence-corrected chi connectivity index (χ2v) is 5.01. The number of nitrogens with one attached hydrogen (secondary N) is 2. The van der Waals surface area contributed by atoms with Gasteiger partial charge in [-0.05, 0) is 34.9 Å². The first-order valence-corrected chi connectivity index (χ1v) is 7.10. The van der Waals surface area contributed by atoms with Gasteiger partial charge < -0.3 is 20.4 Å². The van der Waals surface area contributed by atoms with Gasteiger partial charge in [0.05, 0.1) is 0 Å². The molecule has 7 heteroatoms. The molecule has 1 heterocycles. The third-order valence-electron chi connectivity index (χ3n) is 2.91. The number of nitrogens with zero attached hydrogens (tertiary/aromatic N) is 5. The minimum absolute atomic E-state index is 0.265. The van der Waals surface area contributed by atoms with E-state index in [9.17, 15) is 0 Å². The maximum Gasteiger partial charge on any atom is 0.231 e. The maximum absolute atomic E-state index is 4.50. The zero-order chi connectivity index (χ0) is 15.1. The van der Waals surface area contributed by atoms with E-state index in [0.717, 1.165) is 19.6 Å². The summed E-state index contributed by atoms with van der Waals surface area (Å²) in [5.41, 5.74) is 0. The van der Waals surface area contributed by atoms with Crippen molar-refractivity contribution >= 4 is 17.8 Å². The van der Waals surface area contributed by atoms with Crippen molar-refractivity contribution in [1.82, 2.24) is 19.9 Å². The Balaban J connectivity index is 2.92. The largest absolute Gasteiger partial charge is 0.357 e. The van der Waals surface area contributed by atoms with Crippen LogP contribution < -0.4 is 15.5 Å². The van der Waals surface area contributed by atoms with Gasteiger partial charge in [0.25, 0.3) is 0 Å². The van der Waals surface area contributed by atoms with Crippen molar-refractivity contribution in [1.29, 1.82) is 0 Å². The normalized spacial score (nSPS) is 12.3. The maximum atomic E-state index is 4.50. The monoisotopic (exact) mass is 281 g/mol. The van der Waals surface area contributed by atoms with E-state index in [-0.39, 0.29) is 6.04 Å². The molecule has 0 fully saturated rings. The number of likely N-dealkylation sites (N-methyl/N-ethyl adjacent to an activating group) is 1. The van der Waals surface area contributed by atoms with Gasteiger partial charge in [-0.2, -0.15) is 15.0 Å². The summed E-state index contributed by atoms with van der Waals surface area (Å²) in [5.74, 6) is 1.90. The van der Waals surface area contributed by atoms with Crippen molar-refractivity contribution < 1.29 is 0 Å². The number of hydrogen-bond donors (Lipinski definition) is 2. The summed E-state index contributed by atoms with van der Waals surface area (Å²) in [5, 5.41) is 6.31. The predicted octanol–water partition coefficient (Wildman–Crippen LogP) is 1.12. The van der Waals surface area contributed by atoms with Gasteiger partial charge in [-0.25, -0.2) is 0 Å². The van der Waals surface area contributed by atoms with E-state index in [1.807, 2.05) is 21.1 Å². The lowest BCUT2D eigenvalue weighted by Gasteiger charge is -2.21. The molecule has 0 spiro atoms. The number of hydrogen-bond acceptors (Lipinski definition) is 7. The summed E-state index contributed by atoms with van der Waals surface area (Å²) in [6.07, 6.45) is 0. The van der Waals surface area contributed by atoms with Crippen LogP contribution in [0.3, 0.4) is 0 Å². The highest BCUT2D eigenvalue weighted by Crippen LogP contribution is 2.13. The van der Waals surface area contributed by atoms with Crippen LogP contribution in [0, 0.1) is 0 Å². The molecule has 0 aliphatic rings. The highest BCUT2D eigenvalue weighted by atomic mass is 15.3. The minimum Gasteiger partial charge on any atom is -0.357 e. The lowest BCUT2D eigenvalue weighted by Crippen LogP contribution is -2.31. The van der Waals surface area contributed by atoms with E-state index in [4.69, 9.17) is 0 Å². The molecule has 1 aromatic rings. The molecule has 1 rings (SSSR count). The van der Waals surface area contributed by atoms with E-state index in [2.05, 4.69) is 56.2 Å². The third kappa shape index (κ3) is 4.80. The molecule has 0 aliphatic carbocycles. The lowest BCUT2D eigenvalue weighted by molar-refractivity contribution is 0.391. The Morgan fingerprint density at radius 2 is 1.65 bits per heavy atom. The first-order valence-electron chi connectivity index (χ1n) is 7.10. The number of rotatable bonds is 8. The molecule has 0 aromatic carbocycles. The molecule has 1 unspecified atom stereocenters. The van der Waals surface area contributed by atoms with Crippen LogP contribution in [-0.4, -0.2) is 66.7 Å². The van der Waals surface area contributed by atoms with Crippen molar-refractivity contribution in [3.63, 3.8) is 0 Å². The molecular formula is C13H27N7. The topological polar surface area (TPSA) is 69.2 Å². The van der Waals surface area contributed by atoms with Gasteiger partial charge >= 0.3 is 0 Å². The van der Waals surface area contributed by atoms with Crippen LogP contribution in [0.2, 0.25) is 0 Å². The van der Waals surface area contributed by atoms with Crippen molar-refractivity contribution in [3.8, 4) is 0 Å². The number of aromatic nitrogens is 3. The Kier molecular flexibility index (Phi) is 6.44. The van der Waals surface area contributed by atoms with E-state index in [1.54, 1.807) is 0 Å². The standard InChI is InChI=1S/C13H27N7/c1-7-20(8-2)13-17-11(14-4)16-12(18-13)15-10(3)9-19(5)6/h10H,7-9H2,1-6H3,(H2,14,15,16,17,18). The third-order valence-corrected chi connectivity index (χ3v) is 2.91. The van der Waals surface area contributed by atoms with Crippen LogP contribution in [0.15, 0.2) is 0 Å². The summed E-state index contributed by atoms with van der Waals surface area (Å²) >= 11 is 0. The van der Waals surface area contributed by atoms with Crippen LogP contribution in [0.5, 0.6) is 0 Å². The van der Waals surface area contributed by atoms with Gasteiger partial charge in [-0.15, -0.1) is 0 Å². The average molecular weight is 281 g/mol. The molecule has 0 radical (unpaired) electrons. The van der Waals surface area contributed by atoms with Crippen LogP contribution in [0.25, 0.3) is 0 Å². The quantitative estimate of drug-likeness (QED) is 0.740. The van der Waals surface area contributed by atoms with Gasteiger partial charge in [-0.1, -0.05) is 0 Å². The summed E-state index contributed by atoms with van der Waals surface area (Å²) in [6.45, 7) is 8.95. The number of anilines is 3. The fourth-order valence-electron chi connectivity index (χ4n) is 2.00. The Labute approximate surface area is 121 Å². The second kappa shape index (κ2) is 7.84. The van der Waals surface area contributed by atoms with Crippen molar-refractivity contribution in [2.24, 2.45) is 0 Å². The van der Waals surface area contributed by atoms with Crippen LogP contribution in [-0.2, 0) is 0 Å². The molecular weight excluding hydrogens is 254 g/mol. The fourth-order valence-corrected chi connectivity index (χ4v) is 2.00. The first-order chi connectivity index (χ1) is 9.49. The average Bonchev–Trinajstić information content (AvgIpc) is 2.38. The first kappa shape index (κ1) is 16.4. The van der Waals surface area contributed by atoms with Gasteiger partial charge in [0.2, 0.25) is 17.8 Å². The summed E-state index contributed by atoms with van der Waals surface area (Å²) < 4.78 is 0. The molecule has 2 N–H and O–H groups in total. The van der Waals surface area contributed by atoms with Crippen molar-refractivity contribution in [3.05, 3.63) is 0 Å². The molecule has 1 aromatic heterocycles. The molecule has 0 aliphatic heterocycles. The summed E-state index contributed by atoms with van der Waals surface area (Å²) in [4.78, 5) is 17.5. The van der Waals surface area contributed by atoms with Gasteiger partial charge in [0.1, 0.15) is 0 Å². The van der Waals surface area contributed by atoms with E-state index in [1.165, 1.54) is 0 Å². The Morgan fingerprint density at radius 1 is 1.05 bits per heavy atom. The molecule has 114 valence electrons. The van der Waals surface area contributed by atoms with Crippen LogP contribution >= 0.6 is 0 Å². The zero-order valence-corrected chi connectivity index (χ0v) is 13.4. The smallest absolute Gasteiger partial charge is 0.231 e. The van der Waals surface area contributed by atoms with E-state index < -0.39 is 0 Å². The van der Waals surface area contributed by atoms with E-state index >= 15 is 0 Å². The Bertz CT molecular complexity index is 404. The Hall–Kier alpha value is -1.63. The fraction of sp³-hybridized carbons (Fsp3) is 0.769. The molecule has 0 saturated carbocycles. The van der Waals surface area contributed by atoms with Crippen molar-refractivity contribution in [2.45, 2.75) is 26.8 Å². The highest BCUT2D eigenvalue weighted by molar-refractivity contribution is 5.43. The molecule has 7 nitrogen and oxygen atoms in total. The highest BCUT2D eigenvalue weighted by Gasteiger charge is 2.12. The summed E-state index contributed by atoms with van der Waals surface area (Å²) in [6, 6.07) is 0.265. The van der Waals surface area contributed by atoms with Crippen LogP contribution in [0.4, 0.5) is 17.8 Å².